The van der Waals surface area contributed by atoms with E-state index >= 15 is 0 Å². The molecule has 3 aromatic rings. The maximum Gasteiger partial charge on any atom is 0.338 e. The Hall–Kier alpha value is -3.57. The predicted molar refractivity (Wildman–Crippen MR) is 167 cm³/mol. The molecule has 11 heteroatoms. The topological polar surface area (TPSA) is 87.2 Å². The number of esters is 1. The lowest BCUT2D eigenvalue weighted by molar-refractivity contribution is -0.121. The molecule has 2 aliphatic rings. The van der Waals surface area contributed by atoms with Crippen LogP contribution >= 0.6 is 35.6 Å². The number of halogens is 1. The molecule has 0 unspecified atom stereocenters. The third kappa shape index (κ3) is 7.07. The highest BCUT2D eigenvalue weighted by Gasteiger charge is 2.41. The highest BCUT2D eigenvalue weighted by molar-refractivity contribution is 8.23. The fraction of sp³-hybridized carbons (Fsp3) is 0.258. The summed E-state index contributed by atoms with van der Waals surface area (Å²) in [7, 11) is 0. The van der Waals surface area contributed by atoms with Crippen LogP contribution in [0.4, 0.5) is 5.69 Å². The Bertz CT molecular complexity index is 1490. The van der Waals surface area contributed by atoms with Gasteiger partial charge in [0.05, 0.1) is 16.3 Å². The molecule has 5 rings (SSSR count). The lowest BCUT2D eigenvalue weighted by Crippen LogP contribution is -2.47. The quantitative estimate of drug-likeness (QED) is 0.152. The summed E-state index contributed by atoms with van der Waals surface area (Å²) in [6.45, 7) is 3.67. The molecule has 0 aromatic heterocycles. The number of thiocarbonyl (C=S) groups is 1. The van der Waals surface area contributed by atoms with Crippen molar-refractivity contribution in [3.63, 3.8) is 0 Å². The van der Waals surface area contributed by atoms with E-state index in [0.29, 0.717) is 10.0 Å². The number of thioether (sulfide) groups is 1. The molecule has 0 bridgehead atoms. The SMILES string of the molecule is O=C(OCC(=O)c1ccccc1Cl)c1ccc(N2C(=O)C[C@H](SC(=S)N3CCN(Cc4ccccc4)CC3)C2=O)cc1. The molecular weight excluding hydrogens is 594 g/mol. The number of nitrogens with zero attached hydrogens (tertiary/aromatic N) is 3. The second-order valence-corrected chi connectivity index (χ2v) is 12.2. The van der Waals surface area contributed by atoms with Crippen LogP contribution < -0.4 is 4.90 Å². The van der Waals surface area contributed by atoms with Crippen LogP contribution in [0.2, 0.25) is 5.02 Å². The normalized spacial score (nSPS) is 17.4. The van der Waals surface area contributed by atoms with Crippen molar-refractivity contribution in [1.82, 2.24) is 9.80 Å². The van der Waals surface area contributed by atoms with Crippen LogP contribution in [-0.4, -0.2) is 75.7 Å². The standard InChI is InChI=1S/C31H28ClN3O5S2/c32-25-9-5-4-8-24(25)26(36)20-40-30(39)22-10-12-23(13-11-22)35-28(37)18-27(29(35)38)42-31(41)34-16-14-33(15-17-34)19-21-6-2-1-3-7-21/h1-13,27H,14-20H2/t27-/m0/s1. The first-order valence-corrected chi connectivity index (χ1v) is 15.1. The highest BCUT2D eigenvalue weighted by Crippen LogP contribution is 2.32. The summed E-state index contributed by atoms with van der Waals surface area (Å²) < 4.78 is 5.76. The molecular formula is C31H28ClN3O5S2. The lowest BCUT2D eigenvalue weighted by Gasteiger charge is -2.36. The first kappa shape index (κ1) is 29.9. The average molecular weight is 622 g/mol. The summed E-state index contributed by atoms with van der Waals surface area (Å²) in [5.41, 5.74) is 2.08. The predicted octanol–water partition coefficient (Wildman–Crippen LogP) is 4.85. The van der Waals surface area contributed by atoms with Gasteiger partial charge in [0.1, 0.15) is 9.57 Å². The van der Waals surface area contributed by atoms with Crippen molar-refractivity contribution in [2.24, 2.45) is 0 Å². The van der Waals surface area contributed by atoms with Gasteiger partial charge in [0.2, 0.25) is 17.6 Å². The van der Waals surface area contributed by atoms with Crippen LogP contribution in [0.5, 0.6) is 0 Å². The molecule has 0 saturated carbocycles. The molecule has 0 radical (unpaired) electrons. The molecule has 0 aliphatic carbocycles. The minimum Gasteiger partial charge on any atom is -0.454 e. The Morgan fingerprint density at radius 1 is 0.905 bits per heavy atom. The maximum atomic E-state index is 13.2. The number of amides is 2. The van der Waals surface area contributed by atoms with Gasteiger partial charge in [-0.3, -0.25) is 19.3 Å². The Labute approximate surface area is 258 Å². The summed E-state index contributed by atoms with van der Waals surface area (Å²) in [4.78, 5) is 56.4. The van der Waals surface area contributed by atoms with Crippen molar-refractivity contribution in [3.8, 4) is 0 Å². The number of ether oxygens (including phenoxy) is 1. The van der Waals surface area contributed by atoms with Gasteiger partial charge in [-0.15, -0.1) is 0 Å². The number of carbonyl (C=O) groups is 4. The minimum absolute atomic E-state index is 0.0472. The first-order chi connectivity index (χ1) is 20.3. The van der Waals surface area contributed by atoms with Crippen LogP contribution in [0.1, 0.15) is 32.7 Å². The number of ketones is 1. The molecule has 2 heterocycles. The van der Waals surface area contributed by atoms with E-state index in [1.54, 1.807) is 24.3 Å². The van der Waals surface area contributed by atoms with Crippen LogP contribution in [0, 0.1) is 0 Å². The second kappa shape index (κ2) is 13.6. The van der Waals surface area contributed by atoms with E-state index in [0.717, 1.165) is 37.6 Å². The maximum absolute atomic E-state index is 13.2. The monoisotopic (exact) mass is 621 g/mol. The summed E-state index contributed by atoms with van der Waals surface area (Å²) in [5.74, 6) is -1.79. The smallest absolute Gasteiger partial charge is 0.338 e. The van der Waals surface area contributed by atoms with Gasteiger partial charge in [-0.05, 0) is 42.0 Å². The van der Waals surface area contributed by atoms with Crippen molar-refractivity contribution in [3.05, 3.63) is 101 Å². The van der Waals surface area contributed by atoms with Crippen LogP contribution in [-0.2, 0) is 20.9 Å². The molecule has 2 aliphatic heterocycles. The van der Waals surface area contributed by atoms with E-state index in [1.807, 2.05) is 18.2 Å². The Balaban J connectivity index is 1.12. The fourth-order valence-electron chi connectivity index (χ4n) is 4.82. The minimum atomic E-state index is -0.705. The van der Waals surface area contributed by atoms with Gasteiger partial charge < -0.3 is 9.64 Å². The number of carbonyl (C=O) groups excluding carboxylic acids is 4. The summed E-state index contributed by atoms with van der Waals surface area (Å²) >= 11 is 12.9. The number of imide groups is 1. The second-order valence-electron chi connectivity index (χ2n) is 9.92. The van der Waals surface area contributed by atoms with E-state index in [-0.39, 0.29) is 34.4 Å². The van der Waals surface area contributed by atoms with Crippen molar-refractivity contribution >= 4 is 69.2 Å². The lowest BCUT2D eigenvalue weighted by atomic mass is 10.1. The number of rotatable bonds is 8. The number of benzene rings is 3. The van der Waals surface area contributed by atoms with E-state index in [9.17, 15) is 19.2 Å². The zero-order chi connectivity index (χ0) is 29.6. The van der Waals surface area contributed by atoms with E-state index < -0.39 is 23.6 Å². The third-order valence-corrected chi connectivity index (χ3v) is 9.09. The summed E-state index contributed by atoms with van der Waals surface area (Å²) in [6, 6.07) is 22.8. The highest BCUT2D eigenvalue weighted by atomic mass is 35.5. The number of hydrogen-bond acceptors (Lipinski definition) is 8. The molecule has 216 valence electrons. The van der Waals surface area contributed by atoms with Crippen LogP contribution in [0.15, 0.2) is 78.9 Å². The molecule has 3 aromatic carbocycles. The zero-order valence-electron chi connectivity index (χ0n) is 22.6. The number of piperazine rings is 1. The Morgan fingerprint density at radius 3 is 2.26 bits per heavy atom. The number of anilines is 1. The van der Waals surface area contributed by atoms with Gasteiger partial charge >= 0.3 is 5.97 Å². The molecule has 0 spiro atoms. The van der Waals surface area contributed by atoms with Gasteiger partial charge in [-0.25, -0.2) is 9.69 Å². The summed E-state index contributed by atoms with van der Waals surface area (Å²) in [6.07, 6.45) is 0.0472. The molecule has 0 N–H and O–H groups in total. The Kier molecular flexibility index (Phi) is 9.69. The molecule has 42 heavy (non-hydrogen) atoms. The average Bonchev–Trinajstić information content (AvgIpc) is 3.28. The van der Waals surface area contributed by atoms with Crippen molar-refractivity contribution in [2.75, 3.05) is 37.7 Å². The largest absolute Gasteiger partial charge is 0.454 e. The van der Waals surface area contributed by atoms with Crippen LogP contribution in [0.25, 0.3) is 0 Å². The van der Waals surface area contributed by atoms with Gasteiger partial charge in [-0.1, -0.05) is 78.0 Å². The van der Waals surface area contributed by atoms with Gasteiger partial charge in [0.25, 0.3) is 0 Å². The van der Waals surface area contributed by atoms with Crippen molar-refractivity contribution in [1.29, 1.82) is 0 Å². The molecule has 2 amide bonds. The molecule has 2 saturated heterocycles. The van der Waals surface area contributed by atoms with Crippen molar-refractivity contribution < 1.29 is 23.9 Å². The van der Waals surface area contributed by atoms with E-state index in [1.165, 1.54) is 41.6 Å². The Morgan fingerprint density at radius 2 is 1.57 bits per heavy atom. The van der Waals surface area contributed by atoms with E-state index in [4.69, 9.17) is 28.6 Å². The number of Topliss-reactive ketones (excluding diaryl/α,β-unsaturated/α-hetero) is 1. The third-order valence-electron chi connectivity index (χ3n) is 7.10. The summed E-state index contributed by atoms with van der Waals surface area (Å²) in [5, 5.41) is -0.325. The molecule has 1 atom stereocenters. The molecule has 8 nitrogen and oxygen atoms in total. The number of hydrogen-bond donors (Lipinski definition) is 0. The van der Waals surface area contributed by atoms with Gasteiger partial charge in [0, 0.05) is 44.7 Å². The van der Waals surface area contributed by atoms with Gasteiger partial charge in [0.15, 0.2) is 6.61 Å². The fourth-order valence-corrected chi connectivity index (χ4v) is 6.60. The first-order valence-electron chi connectivity index (χ1n) is 13.4. The van der Waals surface area contributed by atoms with Crippen LogP contribution in [0.3, 0.4) is 0 Å². The van der Waals surface area contributed by atoms with Gasteiger partial charge in [-0.2, -0.15) is 0 Å². The molecule has 2 fully saturated rings. The van der Waals surface area contributed by atoms with Crippen molar-refractivity contribution in [2.45, 2.75) is 18.2 Å². The zero-order valence-corrected chi connectivity index (χ0v) is 25.0. The van der Waals surface area contributed by atoms with E-state index in [2.05, 4.69) is 21.9 Å².